The summed E-state index contributed by atoms with van der Waals surface area (Å²) < 4.78 is 5.03. The van der Waals surface area contributed by atoms with Crippen molar-refractivity contribution in [3.05, 3.63) is 29.8 Å². The molecular formula is C15H20N2O3. The van der Waals surface area contributed by atoms with Crippen molar-refractivity contribution < 1.29 is 14.3 Å². The first-order valence-electron chi connectivity index (χ1n) is 6.90. The van der Waals surface area contributed by atoms with Gasteiger partial charge in [0.25, 0.3) is 5.91 Å². The highest BCUT2D eigenvalue weighted by atomic mass is 16.5. The van der Waals surface area contributed by atoms with E-state index in [9.17, 15) is 9.59 Å². The number of carbonyl (C=O) groups excluding carboxylic acids is 2. The zero-order chi connectivity index (χ0) is 14.4. The van der Waals surface area contributed by atoms with Crippen LogP contribution in [-0.2, 0) is 4.79 Å². The van der Waals surface area contributed by atoms with Gasteiger partial charge in [0.1, 0.15) is 5.75 Å². The average Bonchev–Trinajstić information content (AvgIpc) is 2.97. The van der Waals surface area contributed by atoms with Gasteiger partial charge in [-0.2, -0.15) is 0 Å². The Kier molecular flexibility index (Phi) is 4.98. The zero-order valence-electron chi connectivity index (χ0n) is 11.6. The molecule has 1 saturated carbocycles. The number of carbonyl (C=O) groups is 2. The molecule has 0 unspecified atom stereocenters. The Morgan fingerprint density at radius 1 is 1.20 bits per heavy atom. The predicted octanol–water partition coefficient (Wildman–Crippen LogP) is 1.48. The van der Waals surface area contributed by atoms with Gasteiger partial charge in [-0.05, 0) is 37.1 Å². The monoisotopic (exact) mass is 276 g/mol. The van der Waals surface area contributed by atoms with E-state index in [-0.39, 0.29) is 24.4 Å². The molecule has 108 valence electrons. The Hall–Kier alpha value is -2.04. The molecule has 0 saturated heterocycles. The molecule has 0 aromatic heterocycles. The second-order valence-corrected chi connectivity index (χ2v) is 4.96. The van der Waals surface area contributed by atoms with Gasteiger partial charge in [-0.25, -0.2) is 0 Å². The highest BCUT2D eigenvalue weighted by Gasteiger charge is 2.17. The summed E-state index contributed by atoms with van der Waals surface area (Å²) in [6, 6.07) is 7.05. The molecule has 20 heavy (non-hydrogen) atoms. The summed E-state index contributed by atoms with van der Waals surface area (Å²) in [5, 5.41) is 5.55. The summed E-state index contributed by atoms with van der Waals surface area (Å²) in [4.78, 5) is 23.5. The van der Waals surface area contributed by atoms with Crippen molar-refractivity contribution in [3.8, 4) is 5.75 Å². The van der Waals surface area contributed by atoms with E-state index < -0.39 is 0 Å². The van der Waals surface area contributed by atoms with Gasteiger partial charge in [0.15, 0.2) is 0 Å². The zero-order valence-corrected chi connectivity index (χ0v) is 11.6. The molecule has 5 heteroatoms. The Morgan fingerprint density at radius 3 is 2.45 bits per heavy atom. The third kappa shape index (κ3) is 3.98. The molecule has 0 radical (unpaired) electrons. The van der Waals surface area contributed by atoms with E-state index in [4.69, 9.17) is 4.74 Å². The molecule has 0 aliphatic heterocycles. The van der Waals surface area contributed by atoms with E-state index in [2.05, 4.69) is 10.6 Å². The second-order valence-electron chi connectivity index (χ2n) is 4.96. The molecule has 1 aliphatic carbocycles. The molecule has 0 bridgehead atoms. The third-order valence-electron chi connectivity index (χ3n) is 3.48. The molecular weight excluding hydrogens is 256 g/mol. The lowest BCUT2D eigenvalue weighted by Crippen LogP contribution is -2.40. The van der Waals surface area contributed by atoms with Crippen LogP contribution in [-0.4, -0.2) is 31.5 Å². The minimum absolute atomic E-state index is 0.0152. The van der Waals surface area contributed by atoms with E-state index >= 15 is 0 Å². The number of amides is 2. The van der Waals surface area contributed by atoms with Crippen LogP contribution in [0.15, 0.2) is 24.3 Å². The molecule has 1 fully saturated rings. The topological polar surface area (TPSA) is 67.4 Å². The van der Waals surface area contributed by atoms with E-state index in [0.717, 1.165) is 12.8 Å². The summed E-state index contributed by atoms with van der Waals surface area (Å²) in [6.45, 7) is 0.0152. The fourth-order valence-electron chi connectivity index (χ4n) is 2.35. The van der Waals surface area contributed by atoms with Gasteiger partial charge < -0.3 is 15.4 Å². The lowest BCUT2D eigenvalue weighted by molar-refractivity contribution is -0.120. The smallest absolute Gasteiger partial charge is 0.251 e. The molecule has 2 amide bonds. The highest BCUT2D eigenvalue weighted by Crippen LogP contribution is 2.17. The lowest BCUT2D eigenvalue weighted by Gasteiger charge is -2.12. The first-order valence-corrected chi connectivity index (χ1v) is 6.90. The van der Waals surface area contributed by atoms with Crippen LogP contribution in [0.25, 0.3) is 0 Å². The van der Waals surface area contributed by atoms with E-state index in [1.165, 1.54) is 12.8 Å². The number of nitrogens with one attached hydrogen (secondary N) is 2. The van der Waals surface area contributed by atoms with Crippen molar-refractivity contribution in [3.63, 3.8) is 0 Å². The maximum atomic E-state index is 11.9. The minimum Gasteiger partial charge on any atom is -0.497 e. The van der Waals surface area contributed by atoms with Crippen molar-refractivity contribution >= 4 is 11.8 Å². The summed E-state index contributed by atoms with van der Waals surface area (Å²) in [5.74, 6) is 0.313. The number of benzene rings is 1. The van der Waals surface area contributed by atoms with Crippen LogP contribution in [0.2, 0.25) is 0 Å². The standard InChI is InChI=1S/C15H20N2O3/c1-20-13-8-6-11(7-9-13)15(19)16-10-14(18)17-12-4-2-3-5-12/h6-9,12H,2-5,10H2,1H3,(H,16,19)(H,17,18). The normalized spacial score (nSPS) is 14.8. The molecule has 1 aromatic carbocycles. The quantitative estimate of drug-likeness (QED) is 0.856. The third-order valence-corrected chi connectivity index (χ3v) is 3.48. The Morgan fingerprint density at radius 2 is 1.85 bits per heavy atom. The SMILES string of the molecule is COc1ccc(C(=O)NCC(=O)NC2CCCC2)cc1. The summed E-state index contributed by atoms with van der Waals surface area (Å²) in [7, 11) is 1.57. The molecule has 5 nitrogen and oxygen atoms in total. The van der Waals surface area contributed by atoms with Crippen molar-refractivity contribution in [1.82, 2.24) is 10.6 Å². The molecule has 1 aromatic rings. The van der Waals surface area contributed by atoms with Crippen LogP contribution in [0, 0.1) is 0 Å². The number of rotatable bonds is 5. The lowest BCUT2D eigenvalue weighted by atomic mass is 10.2. The summed E-state index contributed by atoms with van der Waals surface area (Å²) in [6.07, 6.45) is 4.42. The summed E-state index contributed by atoms with van der Waals surface area (Å²) >= 11 is 0. The van der Waals surface area contributed by atoms with Gasteiger partial charge in [0.05, 0.1) is 13.7 Å². The molecule has 0 spiro atoms. The van der Waals surface area contributed by atoms with Crippen LogP contribution >= 0.6 is 0 Å². The first-order chi connectivity index (χ1) is 9.69. The predicted molar refractivity (Wildman–Crippen MR) is 75.7 cm³/mol. The van der Waals surface area contributed by atoms with Crippen molar-refractivity contribution in [2.75, 3.05) is 13.7 Å². The number of methoxy groups -OCH3 is 1. The number of ether oxygens (including phenoxy) is 1. The first kappa shape index (κ1) is 14.4. The van der Waals surface area contributed by atoms with Gasteiger partial charge in [0.2, 0.25) is 5.91 Å². The Bertz CT molecular complexity index is 465. The van der Waals surface area contributed by atoms with Crippen molar-refractivity contribution in [2.45, 2.75) is 31.7 Å². The minimum atomic E-state index is -0.255. The largest absolute Gasteiger partial charge is 0.497 e. The second kappa shape index (κ2) is 6.93. The van der Waals surface area contributed by atoms with Crippen LogP contribution < -0.4 is 15.4 Å². The van der Waals surface area contributed by atoms with E-state index in [0.29, 0.717) is 11.3 Å². The van der Waals surface area contributed by atoms with Gasteiger partial charge in [0, 0.05) is 11.6 Å². The van der Waals surface area contributed by atoms with Crippen LogP contribution in [0.4, 0.5) is 0 Å². The average molecular weight is 276 g/mol. The molecule has 2 N–H and O–H groups in total. The van der Waals surface area contributed by atoms with E-state index in [1.807, 2.05) is 0 Å². The molecule has 0 atom stereocenters. The van der Waals surface area contributed by atoms with Crippen molar-refractivity contribution in [1.29, 1.82) is 0 Å². The van der Waals surface area contributed by atoms with Gasteiger partial charge in [-0.1, -0.05) is 12.8 Å². The Balaban J connectivity index is 1.77. The fourth-order valence-corrected chi connectivity index (χ4v) is 2.35. The van der Waals surface area contributed by atoms with Crippen LogP contribution in [0.1, 0.15) is 36.0 Å². The van der Waals surface area contributed by atoms with E-state index in [1.54, 1.807) is 31.4 Å². The van der Waals surface area contributed by atoms with Crippen LogP contribution in [0.5, 0.6) is 5.75 Å². The molecule has 0 heterocycles. The maximum Gasteiger partial charge on any atom is 0.251 e. The van der Waals surface area contributed by atoms with Gasteiger partial charge >= 0.3 is 0 Å². The number of hydrogen-bond donors (Lipinski definition) is 2. The molecule has 2 rings (SSSR count). The van der Waals surface area contributed by atoms with Gasteiger partial charge in [-0.3, -0.25) is 9.59 Å². The van der Waals surface area contributed by atoms with Gasteiger partial charge in [-0.15, -0.1) is 0 Å². The fraction of sp³-hybridized carbons (Fsp3) is 0.467. The number of hydrogen-bond acceptors (Lipinski definition) is 3. The molecule has 1 aliphatic rings. The Labute approximate surface area is 118 Å². The maximum absolute atomic E-state index is 11.9. The van der Waals surface area contributed by atoms with Crippen LogP contribution in [0.3, 0.4) is 0 Å². The summed E-state index contributed by atoms with van der Waals surface area (Å²) in [5.41, 5.74) is 0.513. The highest BCUT2D eigenvalue weighted by molar-refractivity contribution is 5.96. The van der Waals surface area contributed by atoms with Crippen molar-refractivity contribution in [2.24, 2.45) is 0 Å².